The molecule has 0 aliphatic carbocycles. The molecular formula is C21H16O4. The first-order chi connectivity index (χ1) is 11.9. The molecule has 0 bridgehead atoms. The molecule has 0 spiro atoms. The number of hydrogen-bond acceptors (Lipinski definition) is 4. The number of rotatable bonds is 0. The van der Waals surface area contributed by atoms with Crippen LogP contribution in [0.4, 0.5) is 0 Å². The van der Waals surface area contributed by atoms with Crippen molar-refractivity contribution in [2.45, 2.75) is 20.8 Å². The Hall–Kier alpha value is -3.14. The molecule has 0 aliphatic heterocycles. The van der Waals surface area contributed by atoms with E-state index in [9.17, 15) is 10.2 Å². The third-order valence-corrected chi connectivity index (χ3v) is 4.95. The van der Waals surface area contributed by atoms with Crippen LogP contribution in [0.2, 0.25) is 0 Å². The van der Waals surface area contributed by atoms with E-state index in [2.05, 4.69) is 0 Å². The Morgan fingerprint density at radius 1 is 0.640 bits per heavy atom. The minimum absolute atomic E-state index is 0.203. The number of furan rings is 2. The molecule has 0 atom stereocenters. The summed E-state index contributed by atoms with van der Waals surface area (Å²) in [6, 6.07) is 8.96. The second-order valence-electron chi connectivity index (χ2n) is 6.75. The topological polar surface area (TPSA) is 66.7 Å². The third-order valence-electron chi connectivity index (χ3n) is 4.95. The van der Waals surface area contributed by atoms with Gasteiger partial charge >= 0.3 is 0 Å². The molecule has 4 nitrogen and oxygen atoms in total. The van der Waals surface area contributed by atoms with Crippen LogP contribution in [-0.4, -0.2) is 10.2 Å². The lowest BCUT2D eigenvalue weighted by Gasteiger charge is -1.99. The van der Waals surface area contributed by atoms with Gasteiger partial charge in [0, 0.05) is 21.5 Å². The van der Waals surface area contributed by atoms with Crippen LogP contribution in [0.25, 0.3) is 43.9 Å². The highest BCUT2D eigenvalue weighted by atomic mass is 16.3. The predicted molar refractivity (Wildman–Crippen MR) is 98.5 cm³/mol. The monoisotopic (exact) mass is 332 g/mol. The number of benzene rings is 3. The quantitative estimate of drug-likeness (QED) is 0.375. The third kappa shape index (κ3) is 1.76. The normalized spacial score (nSPS) is 12.1. The van der Waals surface area contributed by atoms with Crippen molar-refractivity contribution in [3.8, 4) is 11.5 Å². The van der Waals surface area contributed by atoms with E-state index in [0.29, 0.717) is 0 Å². The van der Waals surface area contributed by atoms with E-state index in [1.165, 1.54) is 0 Å². The molecule has 0 aliphatic rings. The minimum atomic E-state index is 0.203. The van der Waals surface area contributed by atoms with Crippen LogP contribution in [0.15, 0.2) is 39.2 Å². The van der Waals surface area contributed by atoms with Crippen molar-refractivity contribution in [1.29, 1.82) is 0 Å². The molecule has 5 rings (SSSR count). The van der Waals surface area contributed by atoms with E-state index in [1.807, 2.05) is 32.9 Å². The van der Waals surface area contributed by atoms with E-state index >= 15 is 0 Å². The molecule has 0 saturated heterocycles. The zero-order valence-corrected chi connectivity index (χ0v) is 14.1. The Kier molecular flexibility index (Phi) is 2.55. The molecule has 2 aromatic heterocycles. The average Bonchev–Trinajstić information content (AvgIpc) is 3.07. The van der Waals surface area contributed by atoms with Gasteiger partial charge in [-0.3, -0.25) is 0 Å². The number of aromatic hydroxyl groups is 2. The van der Waals surface area contributed by atoms with Crippen molar-refractivity contribution in [1.82, 2.24) is 0 Å². The Bertz CT molecular complexity index is 1340. The maximum Gasteiger partial charge on any atom is 0.139 e. The lowest BCUT2D eigenvalue weighted by atomic mass is 10.0. The summed E-state index contributed by atoms with van der Waals surface area (Å²) >= 11 is 0. The first-order valence-electron chi connectivity index (χ1n) is 8.15. The molecule has 3 aromatic carbocycles. The van der Waals surface area contributed by atoms with Crippen LogP contribution < -0.4 is 0 Å². The molecule has 0 amide bonds. The summed E-state index contributed by atoms with van der Waals surface area (Å²) in [5.41, 5.74) is 5.62. The van der Waals surface area contributed by atoms with Crippen molar-refractivity contribution in [3.63, 3.8) is 0 Å². The second-order valence-corrected chi connectivity index (χ2v) is 6.75. The van der Waals surface area contributed by atoms with Gasteiger partial charge in [0.05, 0.1) is 0 Å². The molecule has 5 aromatic rings. The van der Waals surface area contributed by atoms with Gasteiger partial charge in [-0.2, -0.15) is 0 Å². The molecule has 124 valence electrons. The smallest absolute Gasteiger partial charge is 0.139 e. The van der Waals surface area contributed by atoms with Gasteiger partial charge in [-0.15, -0.1) is 0 Å². The number of aryl methyl sites for hydroxylation is 3. The minimum Gasteiger partial charge on any atom is -0.508 e. The van der Waals surface area contributed by atoms with Gasteiger partial charge in [-0.05, 0) is 67.8 Å². The van der Waals surface area contributed by atoms with E-state index in [1.54, 1.807) is 18.2 Å². The Labute approximate surface area is 142 Å². The maximum absolute atomic E-state index is 10.2. The van der Waals surface area contributed by atoms with Crippen LogP contribution >= 0.6 is 0 Å². The van der Waals surface area contributed by atoms with Gasteiger partial charge in [0.2, 0.25) is 0 Å². The Morgan fingerprint density at radius 2 is 1.36 bits per heavy atom. The molecule has 2 N–H and O–H groups in total. The van der Waals surface area contributed by atoms with E-state index in [4.69, 9.17) is 8.83 Å². The van der Waals surface area contributed by atoms with Crippen LogP contribution in [0.5, 0.6) is 11.5 Å². The molecule has 0 radical (unpaired) electrons. The van der Waals surface area contributed by atoms with Crippen molar-refractivity contribution >= 4 is 43.9 Å². The van der Waals surface area contributed by atoms with Crippen molar-refractivity contribution in [3.05, 3.63) is 47.0 Å². The molecule has 0 unspecified atom stereocenters. The lowest BCUT2D eigenvalue weighted by Crippen LogP contribution is -1.78. The Morgan fingerprint density at radius 3 is 2.16 bits per heavy atom. The van der Waals surface area contributed by atoms with E-state index < -0.39 is 0 Å². The number of fused-ring (bicyclic) bond motifs is 7. The SMILES string of the molecule is Cc1cc2oc3cc(C)c4oc5c(C)cc(O)cc5c4c3c2cc1O. The summed E-state index contributed by atoms with van der Waals surface area (Å²) in [5, 5.41) is 23.7. The molecule has 4 heteroatoms. The first-order valence-corrected chi connectivity index (χ1v) is 8.15. The zero-order valence-electron chi connectivity index (χ0n) is 14.1. The van der Waals surface area contributed by atoms with Crippen molar-refractivity contribution in [2.24, 2.45) is 0 Å². The van der Waals surface area contributed by atoms with Crippen LogP contribution in [0.1, 0.15) is 16.7 Å². The number of hydrogen-bond donors (Lipinski definition) is 2. The van der Waals surface area contributed by atoms with Gasteiger partial charge in [-0.25, -0.2) is 0 Å². The predicted octanol–water partition coefficient (Wildman–Crippen LogP) is 5.82. The fourth-order valence-corrected chi connectivity index (χ4v) is 3.75. The summed E-state index contributed by atoms with van der Waals surface area (Å²) < 4.78 is 12.2. The van der Waals surface area contributed by atoms with Gasteiger partial charge < -0.3 is 19.0 Å². The lowest BCUT2D eigenvalue weighted by molar-refractivity contribution is 0.471. The summed E-state index contributed by atoms with van der Waals surface area (Å²) in [7, 11) is 0. The van der Waals surface area contributed by atoms with Crippen molar-refractivity contribution in [2.75, 3.05) is 0 Å². The highest BCUT2D eigenvalue weighted by Crippen LogP contribution is 2.44. The molecular weight excluding hydrogens is 316 g/mol. The maximum atomic E-state index is 10.2. The summed E-state index contributed by atoms with van der Waals surface area (Å²) in [6.07, 6.45) is 0. The largest absolute Gasteiger partial charge is 0.508 e. The van der Waals surface area contributed by atoms with Gasteiger partial charge in [0.25, 0.3) is 0 Å². The Balaban J connectivity index is 2.14. The van der Waals surface area contributed by atoms with Crippen molar-refractivity contribution < 1.29 is 19.0 Å². The zero-order chi connectivity index (χ0) is 17.5. The summed E-state index contributed by atoms with van der Waals surface area (Å²) in [4.78, 5) is 0. The fourth-order valence-electron chi connectivity index (χ4n) is 3.75. The summed E-state index contributed by atoms with van der Waals surface area (Å²) in [5.74, 6) is 0.435. The number of phenols is 2. The highest BCUT2D eigenvalue weighted by Gasteiger charge is 2.20. The standard InChI is InChI=1S/C21H16O4/c1-9-5-16-13(8-15(9)23)18-17(24-16)6-11(3)21-19(18)14-7-12(22)4-10(2)20(14)25-21/h4-8,22-23H,1-3H3. The summed E-state index contributed by atoms with van der Waals surface area (Å²) in [6.45, 7) is 5.74. The molecule has 0 fully saturated rings. The molecule has 2 heterocycles. The van der Waals surface area contributed by atoms with Crippen LogP contribution in [0, 0.1) is 20.8 Å². The van der Waals surface area contributed by atoms with E-state index in [-0.39, 0.29) is 11.5 Å². The number of phenolic OH excluding ortho intramolecular Hbond substituents is 2. The molecule has 0 saturated carbocycles. The molecule has 25 heavy (non-hydrogen) atoms. The van der Waals surface area contributed by atoms with Crippen LogP contribution in [-0.2, 0) is 0 Å². The van der Waals surface area contributed by atoms with Gasteiger partial charge in [0.15, 0.2) is 0 Å². The average molecular weight is 332 g/mol. The van der Waals surface area contributed by atoms with Gasteiger partial charge in [0.1, 0.15) is 33.8 Å². The van der Waals surface area contributed by atoms with E-state index in [0.717, 1.165) is 60.6 Å². The first kappa shape index (κ1) is 14.2. The second kappa shape index (κ2) is 4.48. The van der Waals surface area contributed by atoms with Crippen LogP contribution in [0.3, 0.4) is 0 Å². The van der Waals surface area contributed by atoms with Gasteiger partial charge in [-0.1, -0.05) is 0 Å². The highest BCUT2D eigenvalue weighted by molar-refractivity contribution is 6.26. The fraction of sp³-hybridized carbons (Fsp3) is 0.143.